The topological polar surface area (TPSA) is 23.6 Å². The van der Waals surface area contributed by atoms with Crippen LogP contribution in [0.15, 0.2) is 0 Å². The number of hydrogen-bond donors (Lipinski definition) is 0. The van der Waals surface area contributed by atoms with E-state index >= 15 is 0 Å². The first-order valence-electron chi connectivity index (χ1n) is 8.55. The molecule has 1 heterocycles. The Morgan fingerprint density at radius 1 is 1.20 bits per heavy atom. The van der Waals surface area contributed by atoms with Crippen LogP contribution in [0.3, 0.4) is 0 Å². The Bertz CT molecular complexity index is 306. The smallest absolute Gasteiger partial charge is 0.127 e. The van der Waals surface area contributed by atoms with Crippen LogP contribution in [0.25, 0.3) is 0 Å². The summed E-state index contributed by atoms with van der Waals surface area (Å²) >= 11 is 0. The van der Waals surface area contributed by atoms with E-state index in [1.165, 1.54) is 32.1 Å². The Labute approximate surface area is 124 Å². The van der Waals surface area contributed by atoms with Crippen LogP contribution in [0.4, 0.5) is 0 Å². The molecule has 20 heavy (non-hydrogen) atoms. The molecule has 0 spiro atoms. The van der Waals surface area contributed by atoms with Crippen LogP contribution >= 0.6 is 0 Å². The molecule has 1 aliphatic heterocycles. The van der Waals surface area contributed by atoms with Gasteiger partial charge in [0.1, 0.15) is 6.29 Å². The first-order valence-corrected chi connectivity index (χ1v) is 8.55. The van der Waals surface area contributed by atoms with Crippen LogP contribution in [0, 0.1) is 11.3 Å². The highest BCUT2D eigenvalue weighted by Gasteiger charge is 2.37. The Hall–Kier alpha value is -0.410. The minimum Gasteiger partial charge on any atom is -0.303 e. The van der Waals surface area contributed by atoms with Gasteiger partial charge in [0, 0.05) is 24.5 Å². The summed E-state index contributed by atoms with van der Waals surface area (Å²) in [5.41, 5.74) is -0.0370. The van der Waals surface area contributed by atoms with Crippen molar-refractivity contribution in [2.24, 2.45) is 11.3 Å². The molecule has 1 saturated carbocycles. The molecule has 2 rings (SSSR count). The highest BCUT2D eigenvalue weighted by Crippen LogP contribution is 2.38. The van der Waals surface area contributed by atoms with E-state index in [1.54, 1.807) is 0 Å². The van der Waals surface area contributed by atoms with Crippen LogP contribution in [0.1, 0.15) is 52.9 Å². The Morgan fingerprint density at radius 2 is 1.85 bits per heavy atom. The summed E-state index contributed by atoms with van der Waals surface area (Å²) in [6, 6.07) is 0.705. The zero-order valence-electron chi connectivity index (χ0n) is 13.6. The highest BCUT2D eigenvalue weighted by molar-refractivity contribution is 5.60. The molecule has 1 saturated heterocycles. The molecule has 0 aromatic rings. The summed E-state index contributed by atoms with van der Waals surface area (Å²) in [4.78, 5) is 16.8. The van der Waals surface area contributed by atoms with Gasteiger partial charge in [-0.3, -0.25) is 4.90 Å². The van der Waals surface area contributed by atoms with Crippen molar-refractivity contribution in [3.05, 3.63) is 0 Å². The molecule has 2 fully saturated rings. The van der Waals surface area contributed by atoms with Crippen LogP contribution in [-0.4, -0.2) is 54.9 Å². The lowest BCUT2D eigenvalue weighted by Gasteiger charge is -2.38. The molecule has 0 N–H and O–H groups in total. The van der Waals surface area contributed by atoms with Gasteiger partial charge in [-0.15, -0.1) is 0 Å². The fraction of sp³-hybridized carbons (Fsp3) is 0.941. The minimum atomic E-state index is -0.0370. The van der Waals surface area contributed by atoms with E-state index in [2.05, 4.69) is 30.6 Å². The molecular weight excluding hydrogens is 248 g/mol. The maximum atomic E-state index is 11.7. The van der Waals surface area contributed by atoms with E-state index in [9.17, 15) is 4.79 Å². The van der Waals surface area contributed by atoms with E-state index in [0.29, 0.717) is 6.04 Å². The van der Waals surface area contributed by atoms with E-state index in [0.717, 1.165) is 44.9 Å². The summed E-state index contributed by atoms with van der Waals surface area (Å²) in [5, 5.41) is 0. The maximum Gasteiger partial charge on any atom is 0.127 e. The van der Waals surface area contributed by atoms with Gasteiger partial charge in [0.15, 0.2) is 0 Å². The van der Waals surface area contributed by atoms with Crippen molar-refractivity contribution in [2.75, 3.05) is 32.7 Å². The molecule has 0 radical (unpaired) electrons. The molecule has 116 valence electrons. The number of carbonyl (C=O) groups is 1. The lowest BCUT2D eigenvalue weighted by Crippen LogP contribution is -2.42. The molecule has 0 aromatic carbocycles. The van der Waals surface area contributed by atoms with E-state index < -0.39 is 0 Å². The number of likely N-dealkylation sites (tertiary alicyclic amines) is 1. The van der Waals surface area contributed by atoms with E-state index in [1.807, 2.05) is 0 Å². The van der Waals surface area contributed by atoms with Crippen LogP contribution < -0.4 is 0 Å². The zero-order chi connectivity index (χ0) is 14.6. The third-order valence-electron chi connectivity index (χ3n) is 5.63. The molecule has 0 bridgehead atoms. The van der Waals surface area contributed by atoms with Crippen molar-refractivity contribution in [1.82, 2.24) is 9.80 Å². The van der Waals surface area contributed by atoms with Gasteiger partial charge in [-0.2, -0.15) is 0 Å². The third kappa shape index (κ3) is 3.62. The van der Waals surface area contributed by atoms with E-state index in [-0.39, 0.29) is 5.41 Å². The number of nitrogens with zero attached hydrogens (tertiary/aromatic N) is 2. The van der Waals surface area contributed by atoms with Gasteiger partial charge in [-0.05, 0) is 57.7 Å². The fourth-order valence-corrected chi connectivity index (χ4v) is 4.09. The number of carbonyl (C=O) groups excluding carboxylic acids is 1. The summed E-state index contributed by atoms with van der Waals surface area (Å²) in [6.45, 7) is 12.4. The lowest BCUT2D eigenvalue weighted by molar-refractivity contribution is -0.119. The molecule has 1 aliphatic carbocycles. The summed E-state index contributed by atoms with van der Waals surface area (Å²) in [5.74, 6) is 0.810. The molecule has 0 amide bonds. The van der Waals surface area contributed by atoms with Gasteiger partial charge in [0.25, 0.3) is 0 Å². The van der Waals surface area contributed by atoms with Gasteiger partial charge >= 0.3 is 0 Å². The van der Waals surface area contributed by atoms with Crippen molar-refractivity contribution in [3.63, 3.8) is 0 Å². The predicted molar refractivity (Wildman–Crippen MR) is 83.9 cm³/mol. The number of rotatable bonds is 6. The van der Waals surface area contributed by atoms with Crippen LogP contribution in [-0.2, 0) is 4.79 Å². The van der Waals surface area contributed by atoms with Crippen molar-refractivity contribution in [2.45, 2.75) is 58.9 Å². The largest absolute Gasteiger partial charge is 0.303 e. The number of aldehydes is 1. The third-order valence-corrected chi connectivity index (χ3v) is 5.63. The molecule has 3 nitrogen and oxygen atoms in total. The average molecular weight is 280 g/mol. The van der Waals surface area contributed by atoms with Gasteiger partial charge in [0.2, 0.25) is 0 Å². The Kier molecular flexibility index (Phi) is 5.62. The van der Waals surface area contributed by atoms with Gasteiger partial charge in [-0.25, -0.2) is 0 Å². The summed E-state index contributed by atoms with van der Waals surface area (Å²) in [7, 11) is 0. The van der Waals surface area contributed by atoms with Crippen molar-refractivity contribution in [1.29, 1.82) is 0 Å². The van der Waals surface area contributed by atoms with Crippen LogP contribution in [0.2, 0.25) is 0 Å². The summed E-state index contributed by atoms with van der Waals surface area (Å²) < 4.78 is 0. The molecule has 3 heteroatoms. The van der Waals surface area contributed by atoms with Gasteiger partial charge < -0.3 is 9.69 Å². The number of likely N-dealkylation sites (N-methyl/N-ethyl adjacent to an activating group) is 1. The maximum absolute atomic E-state index is 11.7. The second kappa shape index (κ2) is 7.04. The average Bonchev–Trinajstić information content (AvgIpc) is 2.91. The first kappa shape index (κ1) is 16.0. The molecule has 1 unspecified atom stereocenters. The molecule has 1 atom stereocenters. The molecular formula is C17H32N2O. The zero-order valence-corrected chi connectivity index (χ0v) is 13.6. The normalized spacial score (nSPS) is 35.6. The van der Waals surface area contributed by atoms with E-state index in [4.69, 9.17) is 0 Å². The standard InChI is InChI=1S/C17H32N2O/c1-4-19(5-2)16-8-11-18(12-16)13-17(14-20)9-6-15(3)7-10-17/h14-16H,4-13H2,1-3H3. The highest BCUT2D eigenvalue weighted by atomic mass is 16.1. The predicted octanol–water partition coefficient (Wildman–Crippen LogP) is 2.80. The lowest BCUT2D eigenvalue weighted by atomic mass is 9.71. The molecule has 0 aromatic heterocycles. The minimum absolute atomic E-state index is 0.0370. The van der Waals surface area contributed by atoms with Crippen molar-refractivity contribution >= 4 is 6.29 Å². The Balaban J connectivity index is 1.88. The fourth-order valence-electron chi connectivity index (χ4n) is 4.09. The van der Waals surface area contributed by atoms with Crippen LogP contribution in [0.5, 0.6) is 0 Å². The van der Waals surface area contributed by atoms with Crippen molar-refractivity contribution < 1.29 is 4.79 Å². The first-order chi connectivity index (χ1) is 9.62. The molecule has 2 aliphatic rings. The van der Waals surface area contributed by atoms with Gasteiger partial charge in [-0.1, -0.05) is 20.8 Å². The van der Waals surface area contributed by atoms with Gasteiger partial charge in [0.05, 0.1) is 0 Å². The number of hydrogen-bond acceptors (Lipinski definition) is 3. The quantitative estimate of drug-likeness (QED) is 0.699. The SMILES string of the molecule is CCN(CC)C1CCN(CC2(C=O)CCC(C)CC2)C1. The second-order valence-corrected chi connectivity index (χ2v) is 7.06. The monoisotopic (exact) mass is 280 g/mol. The summed E-state index contributed by atoms with van der Waals surface area (Å²) in [6.07, 6.45) is 7.21. The Morgan fingerprint density at radius 3 is 2.40 bits per heavy atom. The van der Waals surface area contributed by atoms with Crippen molar-refractivity contribution in [3.8, 4) is 0 Å². The second-order valence-electron chi connectivity index (χ2n) is 7.06.